The highest BCUT2D eigenvalue weighted by atomic mass is 16.6. The average Bonchev–Trinajstić information content (AvgIpc) is 3.36. The molecule has 41 heavy (non-hydrogen) atoms. The lowest BCUT2D eigenvalue weighted by Crippen LogP contribution is -2.43. The van der Waals surface area contributed by atoms with Gasteiger partial charge in [-0.25, -0.2) is 9.78 Å². The van der Waals surface area contributed by atoms with Crippen LogP contribution in [0.2, 0.25) is 0 Å². The maximum Gasteiger partial charge on any atom is 0.410 e. The van der Waals surface area contributed by atoms with Crippen molar-refractivity contribution in [3.63, 3.8) is 0 Å². The summed E-state index contributed by atoms with van der Waals surface area (Å²) in [6, 6.07) is 10.7. The van der Waals surface area contributed by atoms with Gasteiger partial charge in [-0.05, 0) is 63.3 Å². The number of pyridine rings is 1. The van der Waals surface area contributed by atoms with E-state index in [9.17, 15) is 14.9 Å². The Bertz CT molecular complexity index is 1680. The number of carbonyl (C=O) groups excluding carboxylic acids is 1. The van der Waals surface area contributed by atoms with Crippen LogP contribution in [0.4, 0.5) is 22.1 Å². The zero-order valence-electron chi connectivity index (χ0n) is 23.4. The lowest BCUT2D eigenvalue weighted by molar-refractivity contribution is 0.0155. The summed E-state index contributed by atoms with van der Waals surface area (Å²) in [5, 5.41) is 17.7. The van der Waals surface area contributed by atoms with Gasteiger partial charge in [0.15, 0.2) is 0 Å². The summed E-state index contributed by atoms with van der Waals surface area (Å²) in [7, 11) is 0. The maximum atomic E-state index is 13.1. The van der Waals surface area contributed by atoms with Crippen molar-refractivity contribution < 1.29 is 9.53 Å². The number of nitrogens with one attached hydrogen (secondary N) is 1. The minimum Gasteiger partial charge on any atom is -0.444 e. The molecule has 12 heteroatoms. The Balaban J connectivity index is 1.32. The van der Waals surface area contributed by atoms with Crippen LogP contribution in [0.5, 0.6) is 0 Å². The van der Waals surface area contributed by atoms with Crippen molar-refractivity contribution >= 4 is 34.4 Å². The standard InChI is InChI=1S/C29H33N9O3/c1-29(2,3)41-28(40)36-9-5-7-20(15-36)16-37-18-24(14-33-37)34-27-32-13-22-11-21(12-30)26(39)38(25(22)35-27)17-19-6-4-8-23(31)10-19/h4,6,8,10-11,13-14,18,20H,5,7,9,15-17,31H2,1-3H3,(H,32,34,35). The Morgan fingerprint density at radius 1 is 1.27 bits per heavy atom. The molecule has 1 unspecified atom stereocenters. The highest BCUT2D eigenvalue weighted by Crippen LogP contribution is 2.22. The molecular weight excluding hydrogens is 522 g/mol. The molecule has 0 saturated carbocycles. The second kappa shape index (κ2) is 11.3. The molecular formula is C29H33N9O3. The number of hydrogen-bond donors (Lipinski definition) is 2. The van der Waals surface area contributed by atoms with Crippen molar-refractivity contribution in [2.24, 2.45) is 5.92 Å². The molecule has 3 N–H and O–H groups in total. The Morgan fingerprint density at radius 3 is 2.85 bits per heavy atom. The number of nitrogen functional groups attached to an aromatic ring is 1. The van der Waals surface area contributed by atoms with Gasteiger partial charge in [0.25, 0.3) is 5.56 Å². The third-order valence-electron chi connectivity index (χ3n) is 6.74. The number of nitrogens with two attached hydrogens (primary N) is 1. The zero-order chi connectivity index (χ0) is 29.1. The Labute approximate surface area is 237 Å². The lowest BCUT2D eigenvalue weighted by Gasteiger charge is -2.34. The number of benzene rings is 1. The molecule has 1 saturated heterocycles. The summed E-state index contributed by atoms with van der Waals surface area (Å²) < 4.78 is 8.83. The van der Waals surface area contributed by atoms with Gasteiger partial charge in [0, 0.05) is 43.1 Å². The van der Waals surface area contributed by atoms with E-state index < -0.39 is 11.2 Å². The molecule has 0 radical (unpaired) electrons. The summed E-state index contributed by atoms with van der Waals surface area (Å²) in [5.41, 5.74) is 7.44. The van der Waals surface area contributed by atoms with Crippen LogP contribution >= 0.6 is 0 Å². The molecule has 1 amide bonds. The van der Waals surface area contributed by atoms with E-state index in [0.29, 0.717) is 42.0 Å². The van der Waals surface area contributed by atoms with Crippen LogP contribution in [0, 0.1) is 17.2 Å². The number of amides is 1. The Kier molecular flexibility index (Phi) is 7.61. The largest absolute Gasteiger partial charge is 0.444 e. The third-order valence-corrected chi connectivity index (χ3v) is 6.74. The maximum absolute atomic E-state index is 13.1. The van der Waals surface area contributed by atoms with Gasteiger partial charge in [-0.3, -0.25) is 14.0 Å². The van der Waals surface area contributed by atoms with Crippen LogP contribution < -0.4 is 16.6 Å². The number of rotatable bonds is 6. The summed E-state index contributed by atoms with van der Waals surface area (Å²) in [4.78, 5) is 36.4. The fourth-order valence-corrected chi connectivity index (χ4v) is 4.95. The molecule has 3 aromatic heterocycles. The molecule has 5 rings (SSSR count). The molecule has 1 atom stereocenters. The number of piperidine rings is 1. The van der Waals surface area contributed by atoms with Gasteiger partial charge in [-0.15, -0.1) is 0 Å². The minimum absolute atomic E-state index is 0.0138. The van der Waals surface area contributed by atoms with Gasteiger partial charge in [0.05, 0.1) is 18.4 Å². The van der Waals surface area contributed by atoms with Gasteiger partial charge < -0.3 is 20.7 Å². The number of hydrogen-bond acceptors (Lipinski definition) is 9. The van der Waals surface area contributed by atoms with Crippen LogP contribution in [-0.2, 0) is 17.8 Å². The molecule has 1 aliphatic rings. The number of ether oxygens (including phenoxy) is 1. The summed E-state index contributed by atoms with van der Waals surface area (Å²) in [6.07, 6.45) is 6.74. The first kappa shape index (κ1) is 27.6. The van der Waals surface area contributed by atoms with Crippen LogP contribution in [0.25, 0.3) is 11.0 Å². The van der Waals surface area contributed by atoms with Gasteiger partial charge in [0.2, 0.25) is 5.95 Å². The quantitative estimate of drug-likeness (QED) is 0.337. The van der Waals surface area contributed by atoms with E-state index in [-0.39, 0.29) is 30.1 Å². The highest BCUT2D eigenvalue weighted by molar-refractivity contribution is 5.77. The van der Waals surface area contributed by atoms with Crippen molar-refractivity contribution in [1.29, 1.82) is 5.26 Å². The van der Waals surface area contributed by atoms with Crippen molar-refractivity contribution in [2.45, 2.75) is 52.3 Å². The fraction of sp³-hybridized carbons (Fsp3) is 0.379. The highest BCUT2D eigenvalue weighted by Gasteiger charge is 2.28. The van der Waals surface area contributed by atoms with E-state index in [4.69, 9.17) is 10.5 Å². The first-order chi connectivity index (χ1) is 19.6. The summed E-state index contributed by atoms with van der Waals surface area (Å²) in [6.45, 7) is 7.75. The smallest absolute Gasteiger partial charge is 0.410 e. The number of aromatic nitrogens is 5. The molecule has 0 aliphatic carbocycles. The van der Waals surface area contributed by atoms with E-state index in [1.807, 2.05) is 49.9 Å². The fourth-order valence-electron chi connectivity index (χ4n) is 4.95. The lowest BCUT2D eigenvalue weighted by atomic mass is 9.98. The Morgan fingerprint density at radius 2 is 2.10 bits per heavy atom. The van der Waals surface area contributed by atoms with Gasteiger partial charge in [0.1, 0.15) is 22.9 Å². The van der Waals surface area contributed by atoms with Crippen molar-refractivity contribution in [3.05, 3.63) is 70.4 Å². The predicted octanol–water partition coefficient (Wildman–Crippen LogP) is 3.88. The van der Waals surface area contributed by atoms with Crippen LogP contribution in [0.3, 0.4) is 0 Å². The number of fused-ring (bicyclic) bond motifs is 1. The third kappa shape index (κ3) is 6.63. The van der Waals surface area contributed by atoms with Crippen LogP contribution in [-0.4, -0.2) is 54.0 Å². The molecule has 4 heterocycles. The van der Waals surface area contributed by atoms with Crippen molar-refractivity contribution in [3.8, 4) is 6.07 Å². The minimum atomic E-state index is -0.528. The van der Waals surface area contributed by atoms with E-state index in [1.54, 1.807) is 29.4 Å². The SMILES string of the molecule is CC(C)(C)OC(=O)N1CCCC(Cn2cc(Nc3ncc4cc(C#N)c(=O)n(Cc5cccc(N)c5)c4n3)cn2)C1. The molecule has 1 aliphatic heterocycles. The molecule has 0 spiro atoms. The normalized spacial score (nSPS) is 15.5. The predicted molar refractivity (Wildman–Crippen MR) is 155 cm³/mol. The Hall–Kier alpha value is -4.92. The monoisotopic (exact) mass is 555 g/mol. The molecule has 1 aromatic carbocycles. The van der Waals surface area contributed by atoms with Gasteiger partial charge in [-0.2, -0.15) is 15.3 Å². The van der Waals surface area contributed by atoms with Gasteiger partial charge in [-0.1, -0.05) is 12.1 Å². The number of carbonyl (C=O) groups is 1. The van der Waals surface area contributed by atoms with Crippen molar-refractivity contribution in [2.75, 3.05) is 24.1 Å². The van der Waals surface area contributed by atoms with Crippen LogP contribution in [0.15, 0.2) is 53.7 Å². The van der Waals surface area contributed by atoms with Crippen molar-refractivity contribution in [1.82, 2.24) is 29.2 Å². The van der Waals surface area contributed by atoms with Crippen LogP contribution in [0.1, 0.15) is 44.7 Å². The first-order valence-electron chi connectivity index (χ1n) is 13.5. The molecule has 0 bridgehead atoms. The average molecular weight is 556 g/mol. The zero-order valence-corrected chi connectivity index (χ0v) is 23.4. The first-order valence-corrected chi connectivity index (χ1v) is 13.5. The second-order valence-corrected chi connectivity index (χ2v) is 11.3. The summed E-state index contributed by atoms with van der Waals surface area (Å²) in [5.74, 6) is 0.535. The molecule has 1 fully saturated rings. The van der Waals surface area contributed by atoms with E-state index in [2.05, 4.69) is 20.4 Å². The van der Waals surface area contributed by atoms with E-state index >= 15 is 0 Å². The number of nitriles is 1. The molecule has 212 valence electrons. The molecule has 4 aromatic rings. The number of anilines is 3. The second-order valence-electron chi connectivity index (χ2n) is 11.3. The summed E-state index contributed by atoms with van der Waals surface area (Å²) >= 11 is 0. The number of likely N-dealkylation sites (tertiary alicyclic amines) is 1. The molecule has 12 nitrogen and oxygen atoms in total. The number of nitrogens with zero attached hydrogens (tertiary/aromatic N) is 7. The van der Waals surface area contributed by atoms with Gasteiger partial charge >= 0.3 is 6.09 Å². The van der Waals surface area contributed by atoms with E-state index in [1.165, 1.54) is 10.6 Å². The van der Waals surface area contributed by atoms with E-state index in [0.717, 1.165) is 18.4 Å². The topological polar surface area (TPSA) is 157 Å².